The van der Waals surface area contributed by atoms with Crippen molar-refractivity contribution in [2.75, 3.05) is 37.9 Å². The van der Waals surface area contributed by atoms with Gasteiger partial charge in [0.2, 0.25) is 10.0 Å². The standard InChI is InChI=1S/C32H42BrN3O5S/c1-6-27-23-39-18-17-36(27)31-20-26(19-30(33)34-31)32(4,5)42(37,38)35(21-24-9-13-28(14-10-24)40-7-2)22-25-11-15-29(16-12-25)41-8-3/h9-16,19-20,27H,6-8,17-18,21-23H2,1-5H3. The van der Waals surface area contributed by atoms with Gasteiger partial charge in [0.15, 0.2) is 0 Å². The molecular weight excluding hydrogens is 618 g/mol. The molecule has 1 atom stereocenters. The molecule has 10 heteroatoms. The lowest BCUT2D eigenvalue weighted by atomic mass is 10.0. The Morgan fingerprint density at radius 2 is 1.50 bits per heavy atom. The summed E-state index contributed by atoms with van der Waals surface area (Å²) in [5, 5.41) is 0. The van der Waals surface area contributed by atoms with E-state index in [1.165, 1.54) is 0 Å². The molecule has 1 fully saturated rings. The van der Waals surface area contributed by atoms with Crippen LogP contribution in [0.15, 0.2) is 65.3 Å². The average molecular weight is 661 g/mol. The zero-order valence-corrected chi connectivity index (χ0v) is 27.6. The second kappa shape index (κ2) is 14.2. The quantitative estimate of drug-likeness (QED) is 0.193. The Labute approximate surface area is 259 Å². The highest BCUT2D eigenvalue weighted by atomic mass is 79.9. The van der Waals surface area contributed by atoms with Crippen LogP contribution in [0.3, 0.4) is 0 Å². The van der Waals surface area contributed by atoms with Crippen molar-refractivity contribution in [2.24, 2.45) is 0 Å². The van der Waals surface area contributed by atoms with E-state index < -0.39 is 14.8 Å². The zero-order chi connectivity index (χ0) is 30.3. The smallest absolute Gasteiger partial charge is 0.224 e. The first-order valence-corrected chi connectivity index (χ1v) is 16.8. The summed E-state index contributed by atoms with van der Waals surface area (Å²) in [4.78, 5) is 6.95. The molecular formula is C32H42BrN3O5S. The Kier molecular flexibility index (Phi) is 10.9. The molecule has 1 saturated heterocycles. The van der Waals surface area contributed by atoms with Crippen LogP contribution in [0.5, 0.6) is 11.5 Å². The summed E-state index contributed by atoms with van der Waals surface area (Å²) in [5.74, 6) is 2.26. The van der Waals surface area contributed by atoms with E-state index in [9.17, 15) is 8.42 Å². The highest BCUT2D eigenvalue weighted by molar-refractivity contribution is 9.10. The Balaban J connectivity index is 1.70. The average Bonchev–Trinajstić information content (AvgIpc) is 2.98. The van der Waals surface area contributed by atoms with Gasteiger partial charge in [0.1, 0.15) is 26.7 Å². The molecule has 0 aliphatic carbocycles. The number of hydrogen-bond donors (Lipinski definition) is 0. The van der Waals surface area contributed by atoms with Crippen molar-refractivity contribution in [3.8, 4) is 11.5 Å². The van der Waals surface area contributed by atoms with Crippen molar-refractivity contribution in [3.05, 3.63) is 82.0 Å². The summed E-state index contributed by atoms with van der Waals surface area (Å²) >= 11 is 3.56. The van der Waals surface area contributed by atoms with E-state index in [2.05, 4.69) is 27.8 Å². The van der Waals surface area contributed by atoms with Crippen LogP contribution < -0.4 is 14.4 Å². The Morgan fingerprint density at radius 3 is 2.00 bits per heavy atom. The minimum absolute atomic E-state index is 0.184. The van der Waals surface area contributed by atoms with Crippen molar-refractivity contribution in [1.82, 2.24) is 9.29 Å². The number of sulfonamides is 1. The van der Waals surface area contributed by atoms with Gasteiger partial charge in [0, 0.05) is 19.6 Å². The minimum atomic E-state index is -3.90. The van der Waals surface area contributed by atoms with Crippen LogP contribution in [0.1, 0.15) is 57.7 Å². The molecule has 2 heterocycles. The van der Waals surface area contributed by atoms with E-state index in [0.717, 1.165) is 34.9 Å². The summed E-state index contributed by atoms with van der Waals surface area (Å²) in [6.45, 7) is 13.0. The second-order valence-electron chi connectivity index (χ2n) is 10.8. The fourth-order valence-electron chi connectivity index (χ4n) is 5.09. The number of ether oxygens (including phenoxy) is 3. The molecule has 0 amide bonds. The Bertz CT molecular complexity index is 1360. The van der Waals surface area contributed by atoms with Crippen molar-refractivity contribution in [2.45, 2.75) is 64.9 Å². The lowest BCUT2D eigenvalue weighted by molar-refractivity contribution is 0.0925. The van der Waals surface area contributed by atoms with E-state index in [0.29, 0.717) is 43.1 Å². The van der Waals surface area contributed by atoms with Gasteiger partial charge in [-0.1, -0.05) is 31.2 Å². The van der Waals surface area contributed by atoms with Crippen LogP contribution in [0.4, 0.5) is 5.82 Å². The lowest BCUT2D eigenvalue weighted by Crippen LogP contribution is -2.46. The fourth-order valence-corrected chi connectivity index (χ4v) is 7.22. The van der Waals surface area contributed by atoms with Crippen molar-refractivity contribution >= 4 is 31.8 Å². The van der Waals surface area contributed by atoms with Gasteiger partial charge in [-0.3, -0.25) is 0 Å². The number of anilines is 1. The first-order chi connectivity index (χ1) is 20.1. The molecule has 1 unspecified atom stereocenters. The van der Waals surface area contributed by atoms with Gasteiger partial charge in [-0.05, 0) is 103 Å². The molecule has 2 aromatic carbocycles. The molecule has 0 N–H and O–H groups in total. The molecule has 228 valence electrons. The van der Waals surface area contributed by atoms with E-state index >= 15 is 0 Å². The molecule has 42 heavy (non-hydrogen) atoms. The third kappa shape index (κ3) is 7.45. The Morgan fingerprint density at radius 1 is 0.952 bits per heavy atom. The number of nitrogens with zero attached hydrogens (tertiary/aromatic N) is 3. The molecule has 1 aliphatic rings. The number of halogens is 1. The van der Waals surface area contributed by atoms with Crippen LogP contribution in [0.2, 0.25) is 0 Å². The van der Waals surface area contributed by atoms with E-state index in [-0.39, 0.29) is 19.1 Å². The SMILES string of the molecule is CCOc1ccc(CN(Cc2ccc(OCC)cc2)S(=O)(=O)C(C)(C)c2cc(Br)nc(N3CCOCC3CC)c2)cc1. The van der Waals surface area contributed by atoms with Gasteiger partial charge in [-0.15, -0.1) is 0 Å². The summed E-state index contributed by atoms with van der Waals surface area (Å²) in [5.41, 5.74) is 2.42. The molecule has 0 spiro atoms. The van der Waals surface area contributed by atoms with Gasteiger partial charge >= 0.3 is 0 Å². The predicted molar refractivity (Wildman–Crippen MR) is 171 cm³/mol. The highest BCUT2D eigenvalue weighted by Crippen LogP contribution is 2.37. The lowest BCUT2D eigenvalue weighted by Gasteiger charge is -2.37. The van der Waals surface area contributed by atoms with E-state index in [1.807, 2.05) is 74.5 Å². The van der Waals surface area contributed by atoms with Crippen LogP contribution >= 0.6 is 15.9 Å². The Hall–Kier alpha value is -2.66. The topological polar surface area (TPSA) is 81.2 Å². The molecule has 0 radical (unpaired) electrons. The monoisotopic (exact) mass is 659 g/mol. The van der Waals surface area contributed by atoms with Crippen LogP contribution in [0.25, 0.3) is 0 Å². The number of benzene rings is 2. The van der Waals surface area contributed by atoms with Gasteiger partial charge in [-0.2, -0.15) is 4.31 Å². The summed E-state index contributed by atoms with van der Waals surface area (Å²) < 4.78 is 47.1. The molecule has 1 aliphatic heterocycles. The summed E-state index contributed by atoms with van der Waals surface area (Å²) in [6.07, 6.45) is 0.906. The molecule has 0 saturated carbocycles. The van der Waals surface area contributed by atoms with Crippen LogP contribution in [-0.2, 0) is 32.6 Å². The summed E-state index contributed by atoms with van der Waals surface area (Å²) in [6, 6.07) is 19.1. The summed E-state index contributed by atoms with van der Waals surface area (Å²) in [7, 11) is -3.90. The third-order valence-electron chi connectivity index (χ3n) is 7.64. The van der Waals surface area contributed by atoms with Crippen LogP contribution in [-0.4, -0.2) is 56.7 Å². The number of hydrogen-bond acceptors (Lipinski definition) is 7. The van der Waals surface area contributed by atoms with Gasteiger partial charge in [-0.25, -0.2) is 13.4 Å². The zero-order valence-electron chi connectivity index (χ0n) is 25.2. The van der Waals surface area contributed by atoms with Gasteiger partial charge in [0.05, 0.1) is 32.5 Å². The molecule has 4 rings (SSSR count). The number of morpholine rings is 1. The molecule has 1 aromatic heterocycles. The number of pyridine rings is 1. The molecule has 8 nitrogen and oxygen atoms in total. The first kappa shape index (κ1) is 32.3. The second-order valence-corrected chi connectivity index (χ2v) is 14.1. The number of aromatic nitrogens is 1. The fraction of sp³-hybridized carbons (Fsp3) is 0.469. The maximum absolute atomic E-state index is 14.6. The van der Waals surface area contributed by atoms with E-state index in [1.54, 1.807) is 18.2 Å². The number of rotatable bonds is 13. The first-order valence-electron chi connectivity index (χ1n) is 14.5. The van der Waals surface area contributed by atoms with Crippen molar-refractivity contribution in [1.29, 1.82) is 0 Å². The normalized spacial score (nSPS) is 16.1. The third-order valence-corrected chi connectivity index (χ3v) is 10.5. The van der Waals surface area contributed by atoms with Crippen LogP contribution in [0, 0.1) is 0 Å². The maximum atomic E-state index is 14.6. The van der Waals surface area contributed by atoms with Gasteiger partial charge < -0.3 is 19.1 Å². The highest BCUT2D eigenvalue weighted by Gasteiger charge is 2.42. The molecule has 3 aromatic rings. The van der Waals surface area contributed by atoms with E-state index in [4.69, 9.17) is 19.2 Å². The predicted octanol–water partition coefficient (Wildman–Crippen LogP) is 6.52. The minimum Gasteiger partial charge on any atom is -0.494 e. The maximum Gasteiger partial charge on any atom is 0.224 e. The molecule has 0 bridgehead atoms. The van der Waals surface area contributed by atoms with Gasteiger partial charge in [0.25, 0.3) is 0 Å². The largest absolute Gasteiger partial charge is 0.494 e. The van der Waals surface area contributed by atoms with Crippen molar-refractivity contribution < 1.29 is 22.6 Å². The van der Waals surface area contributed by atoms with Crippen molar-refractivity contribution in [3.63, 3.8) is 0 Å².